The predicted molar refractivity (Wildman–Crippen MR) is 59.8 cm³/mol. The molecule has 1 N–H and O–H groups in total. The molecule has 2 aromatic heterocycles. The van der Waals surface area contributed by atoms with Gasteiger partial charge in [-0.1, -0.05) is 0 Å². The van der Waals surface area contributed by atoms with Crippen molar-refractivity contribution in [3.63, 3.8) is 0 Å². The molecule has 6 heteroatoms. The molecule has 0 bridgehead atoms. The van der Waals surface area contributed by atoms with Crippen molar-refractivity contribution < 1.29 is 14.6 Å². The average Bonchev–Trinajstić information content (AvgIpc) is 2.61. The second-order valence-corrected chi connectivity index (χ2v) is 4.61. The van der Waals surface area contributed by atoms with Crippen LogP contribution in [-0.2, 0) is 4.74 Å². The maximum absolute atomic E-state index is 11.9. The minimum Gasteiger partial charge on any atom is -0.507 e. The molecule has 17 heavy (non-hydrogen) atoms. The monoisotopic (exact) mass is 235 g/mol. The number of hydrogen-bond donors (Lipinski definition) is 1. The van der Waals surface area contributed by atoms with Gasteiger partial charge in [-0.25, -0.2) is 14.3 Å². The maximum atomic E-state index is 11.9. The van der Waals surface area contributed by atoms with E-state index in [0.717, 1.165) is 0 Å². The highest BCUT2D eigenvalue weighted by molar-refractivity contribution is 5.98. The Balaban J connectivity index is 2.50. The number of carbonyl (C=O) groups is 1. The summed E-state index contributed by atoms with van der Waals surface area (Å²) < 4.78 is 6.60. The number of ether oxygens (including phenoxy) is 1. The van der Waals surface area contributed by atoms with Crippen molar-refractivity contribution in [1.29, 1.82) is 0 Å². The molecule has 0 aliphatic rings. The van der Waals surface area contributed by atoms with Gasteiger partial charge in [0.05, 0.1) is 0 Å². The fraction of sp³-hybridized carbons (Fsp3) is 0.364. The van der Waals surface area contributed by atoms with E-state index in [9.17, 15) is 9.90 Å². The third-order valence-corrected chi connectivity index (χ3v) is 2.03. The third-order valence-electron chi connectivity index (χ3n) is 2.03. The molecule has 0 saturated heterocycles. The fourth-order valence-electron chi connectivity index (χ4n) is 1.40. The largest absolute Gasteiger partial charge is 0.507 e. The average molecular weight is 235 g/mol. The van der Waals surface area contributed by atoms with Crippen molar-refractivity contribution in [3.05, 3.63) is 24.2 Å². The number of nitrogens with zero attached hydrogens (tertiary/aromatic N) is 3. The smallest absolute Gasteiger partial charge is 0.346 e. The van der Waals surface area contributed by atoms with Crippen molar-refractivity contribution >= 4 is 11.6 Å². The summed E-state index contributed by atoms with van der Waals surface area (Å²) in [6.45, 7) is 5.27. The summed E-state index contributed by atoms with van der Waals surface area (Å²) >= 11 is 0. The maximum Gasteiger partial charge on any atom is 0.346 e. The van der Waals surface area contributed by atoms with Crippen molar-refractivity contribution in [2.75, 3.05) is 0 Å². The Labute approximate surface area is 97.9 Å². The first-order valence-corrected chi connectivity index (χ1v) is 5.13. The lowest BCUT2D eigenvalue weighted by atomic mass is 10.2. The summed E-state index contributed by atoms with van der Waals surface area (Å²) in [6, 6.07) is 1.38. The van der Waals surface area contributed by atoms with Crippen LogP contribution in [0.2, 0.25) is 0 Å². The zero-order chi connectivity index (χ0) is 12.6. The topological polar surface area (TPSA) is 76.7 Å². The number of fused-ring (bicyclic) bond motifs is 1. The van der Waals surface area contributed by atoms with E-state index < -0.39 is 11.6 Å². The third kappa shape index (κ3) is 2.20. The van der Waals surface area contributed by atoms with E-state index in [0.29, 0.717) is 0 Å². The molecule has 2 rings (SSSR count). The number of esters is 1. The van der Waals surface area contributed by atoms with Crippen molar-refractivity contribution in [2.24, 2.45) is 0 Å². The Morgan fingerprint density at radius 3 is 2.82 bits per heavy atom. The molecule has 2 heterocycles. The van der Waals surface area contributed by atoms with Crippen LogP contribution in [0.4, 0.5) is 0 Å². The lowest BCUT2D eigenvalue weighted by Gasteiger charge is -2.19. The molecule has 0 aromatic carbocycles. The summed E-state index contributed by atoms with van der Waals surface area (Å²) in [4.78, 5) is 15.9. The molecule has 0 aliphatic heterocycles. The van der Waals surface area contributed by atoms with Crippen LogP contribution in [0.1, 0.15) is 31.1 Å². The van der Waals surface area contributed by atoms with Crippen LogP contribution in [-0.4, -0.2) is 31.3 Å². The summed E-state index contributed by atoms with van der Waals surface area (Å²) in [5.74, 6) is -0.784. The second kappa shape index (κ2) is 3.73. The Bertz CT molecular complexity index is 569. The van der Waals surface area contributed by atoms with Crippen LogP contribution in [0.3, 0.4) is 0 Å². The highest BCUT2D eigenvalue weighted by Gasteiger charge is 2.24. The zero-order valence-electron chi connectivity index (χ0n) is 9.84. The Morgan fingerprint density at radius 1 is 1.47 bits per heavy atom. The minimum atomic E-state index is -0.629. The Morgan fingerprint density at radius 2 is 2.18 bits per heavy atom. The van der Waals surface area contributed by atoms with Crippen LogP contribution < -0.4 is 0 Å². The van der Waals surface area contributed by atoms with Gasteiger partial charge in [-0.3, -0.25) is 0 Å². The molecule has 0 spiro atoms. The number of aromatic hydroxyl groups is 1. The lowest BCUT2D eigenvalue weighted by molar-refractivity contribution is 0.00684. The summed E-state index contributed by atoms with van der Waals surface area (Å²) in [5, 5.41) is 13.6. The first kappa shape index (κ1) is 11.4. The Kier molecular flexibility index (Phi) is 2.49. The van der Waals surface area contributed by atoms with Crippen LogP contribution >= 0.6 is 0 Å². The highest BCUT2D eigenvalue weighted by Crippen LogP contribution is 2.23. The van der Waals surface area contributed by atoms with Crippen molar-refractivity contribution in [3.8, 4) is 5.75 Å². The van der Waals surface area contributed by atoms with E-state index in [1.54, 1.807) is 20.8 Å². The number of rotatable bonds is 1. The molecule has 90 valence electrons. The molecule has 0 fully saturated rings. The number of hydrogen-bond acceptors (Lipinski definition) is 5. The first-order chi connectivity index (χ1) is 7.88. The predicted octanol–water partition coefficient (Wildman–Crippen LogP) is 1.39. The molecule has 6 nitrogen and oxygen atoms in total. The van der Waals surface area contributed by atoms with Crippen LogP contribution in [0.25, 0.3) is 5.65 Å². The first-order valence-electron chi connectivity index (χ1n) is 5.13. The van der Waals surface area contributed by atoms with Gasteiger partial charge in [0, 0.05) is 6.20 Å². The van der Waals surface area contributed by atoms with E-state index in [4.69, 9.17) is 4.74 Å². The van der Waals surface area contributed by atoms with Gasteiger partial charge in [-0.05, 0) is 26.8 Å². The normalized spacial score (nSPS) is 11.7. The number of carbonyl (C=O) groups excluding carboxylic acids is 1. The van der Waals surface area contributed by atoms with Gasteiger partial charge in [0.15, 0.2) is 5.65 Å². The molecule has 0 saturated carbocycles. The fourth-order valence-corrected chi connectivity index (χ4v) is 1.40. The van der Waals surface area contributed by atoms with Gasteiger partial charge in [-0.15, -0.1) is 0 Å². The van der Waals surface area contributed by atoms with E-state index in [-0.39, 0.29) is 17.0 Å². The van der Waals surface area contributed by atoms with Gasteiger partial charge >= 0.3 is 5.97 Å². The molecular formula is C11H13N3O3. The van der Waals surface area contributed by atoms with Gasteiger partial charge in [0.25, 0.3) is 0 Å². The lowest BCUT2D eigenvalue weighted by Crippen LogP contribution is -2.24. The zero-order valence-corrected chi connectivity index (χ0v) is 9.84. The standard InChI is InChI=1S/C11H13N3O3/c1-11(2,3)17-10(16)8-7(15)4-5-14-9(8)12-6-13-14/h4-6,15H,1-3H3. The van der Waals surface area contributed by atoms with Crippen molar-refractivity contribution in [2.45, 2.75) is 26.4 Å². The SMILES string of the molecule is CC(C)(C)OC(=O)c1c(O)ccn2ncnc12. The van der Waals surface area contributed by atoms with E-state index in [1.165, 1.54) is 23.1 Å². The number of aromatic nitrogens is 3. The van der Waals surface area contributed by atoms with Gasteiger partial charge in [0.2, 0.25) is 0 Å². The highest BCUT2D eigenvalue weighted by atomic mass is 16.6. The van der Waals surface area contributed by atoms with Crippen LogP contribution in [0.5, 0.6) is 5.75 Å². The van der Waals surface area contributed by atoms with Gasteiger partial charge < -0.3 is 9.84 Å². The minimum absolute atomic E-state index is 0.0277. The molecular weight excluding hydrogens is 222 g/mol. The van der Waals surface area contributed by atoms with Gasteiger partial charge in [-0.2, -0.15) is 5.10 Å². The molecule has 0 unspecified atom stereocenters. The quantitative estimate of drug-likeness (QED) is 0.756. The summed E-state index contributed by atoms with van der Waals surface area (Å²) in [7, 11) is 0. The van der Waals surface area contributed by atoms with Gasteiger partial charge in [0.1, 0.15) is 23.2 Å². The van der Waals surface area contributed by atoms with Crippen molar-refractivity contribution in [1.82, 2.24) is 14.6 Å². The van der Waals surface area contributed by atoms with E-state index in [1.807, 2.05) is 0 Å². The van der Waals surface area contributed by atoms with Crippen LogP contribution in [0, 0.1) is 0 Å². The molecule has 0 atom stereocenters. The van der Waals surface area contributed by atoms with E-state index in [2.05, 4.69) is 10.1 Å². The molecule has 0 aliphatic carbocycles. The Hall–Kier alpha value is -2.11. The molecule has 0 radical (unpaired) electrons. The summed E-state index contributed by atoms with van der Waals surface area (Å²) in [5.41, 5.74) is -0.324. The number of pyridine rings is 1. The van der Waals surface area contributed by atoms with E-state index >= 15 is 0 Å². The van der Waals surface area contributed by atoms with Crippen LogP contribution in [0.15, 0.2) is 18.6 Å². The summed E-state index contributed by atoms with van der Waals surface area (Å²) in [6.07, 6.45) is 2.83. The molecule has 2 aromatic rings. The second-order valence-electron chi connectivity index (χ2n) is 4.61. The molecule has 0 amide bonds.